The second-order valence-electron chi connectivity index (χ2n) is 4.21. The van der Waals surface area contributed by atoms with Gasteiger partial charge in [-0.1, -0.05) is 30.4 Å². The smallest absolute Gasteiger partial charge is 0.261 e. The number of H-pyrrole nitrogens is 1. The van der Waals surface area contributed by atoms with E-state index in [1.165, 1.54) is 25.8 Å². The molecule has 0 aliphatic carbocycles. The number of hydrogen-bond donors (Lipinski definition) is 2. The van der Waals surface area contributed by atoms with Crippen LogP contribution in [0.1, 0.15) is 5.56 Å². The van der Waals surface area contributed by atoms with Crippen LogP contribution < -0.4 is 10.1 Å². The van der Waals surface area contributed by atoms with Crippen molar-refractivity contribution >= 4 is 30.1 Å². The molecule has 23 heavy (non-hydrogen) atoms. The first-order valence-electron chi connectivity index (χ1n) is 6.45. The van der Waals surface area contributed by atoms with Crippen LogP contribution in [0, 0.1) is 4.64 Å². The number of para-hydroxylation sites is 1. The first-order valence-corrected chi connectivity index (χ1v) is 6.86. The molecule has 0 aliphatic heterocycles. The van der Waals surface area contributed by atoms with Gasteiger partial charge in [-0.2, -0.15) is 0 Å². The maximum Gasteiger partial charge on any atom is 0.261 e. The maximum absolute atomic E-state index is 12.0. The number of methoxy groups -OCH3 is 1. The number of nitrogens with one attached hydrogen (secondary N) is 2. The number of amides is 2. The number of ether oxygens (including phenoxy) is 2. The summed E-state index contributed by atoms with van der Waals surface area (Å²) in [4.78, 5) is 29.2. The molecule has 1 heterocycles. The van der Waals surface area contributed by atoms with Gasteiger partial charge in [-0.05, 0) is 6.07 Å². The number of nitrogens with zero attached hydrogens (tertiary/aromatic N) is 1. The highest BCUT2D eigenvalue weighted by Gasteiger charge is 2.17. The van der Waals surface area contributed by atoms with Crippen LogP contribution in [0.4, 0.5) is 0 Å². The van der Waals surface area contributed by atoms with Crippen molar-refractivity contribution in [2.45, 2.75) is 0 Å². The van der Waals surface area contributed by atoms with Crippen LogP contribution in [0.5, 0.6) is 11.6 Å². The molecule has 0 fully saturated rings. The molecule has 0 aliphatic rings. The van der Waals surface area contributed by atoms with Crippen molar-refractivity contribution < 1.29 is 19.1 Å². The lowest BCUT2D eigenvalue weighted by molar-refractivity contribution is -0.121. The molecule has 2 amide bonds. The third-order valence-electron chi connectivity index (χ3n) is 2.72. The molecule has 0 atom stereocenters. The highest BCUT2D eigenvalue weighted by molar-refractivity contribution is 7.71. The summed E-state index contributed by atoms with van der Waals surface area (Å²) in [5.74, 6) is 0.138. The van der Waals surface area contributed by atoms with Crippen LogP contribution in [0.3, 0.4) is 0 Å². The van der Waals surface area contributed by atoms with Gasteiger partial charge < -0.3 is 14.5 Å². The van der Waals surface area contributed by atoms with Gasteiger partial charge >= 0.3 is 0 Å². The van der Waals surface area contributed by atoms with Crippen LogP contribution >= 0.6 is 12.2 Å². The molecule has 118 valence electrons. The number of carbonyl (C=O) groups excluding carboxylic acids is 2. The number of carbonyl (C=O) groups is 2. The second kappa shape index (κ2) is 7.85. The minimum absolute atomic E-state index is 0.142. The van der Waals surface area contributed by atoms with E-state index in [1.54, 1.807) is 24.3 Å². The average molecular weight is 331 g/mol. The summed E-state index contributed by atoms with van der Waals surface area (Å²) in [5, 5.41) is 2.07. The van der Waals surface area contributed by atoms with Crippen LogP contribution in [0.25, 0.3) is 5.57 Å². The molecule has 0 saturated heterocycles. The van der Waals surface area contributed by atoms with E-state index < -0.39 is 5.91 Å². The second-order valence-corrected chi connectivity index (χ2v) is 4.62. The Morgan fingerprint density at radius 2 is 2.17 bits per heavy atom. The molecule has 1 aromatic carbocycles. The Kier molecular flexibility index (Phi) is 5.59. The molecule has 1 aromatic heterocycles. The maximum atomic E-state index is 12.0. The number of hydrogen-bond acceptors (Lipinski definition) is 6. The summed E-state index contributed by atoms with van der Waals surface area (Å²) in [5.41, 5.74) is 0.590. The molecule has 0 saturated carbocycles. The molecule has 2 N–H and O–H groups in total. The van der Waals surface area contributed by atoms with Gasteiger partial charge in [-0.3, -0.25) is 14.9 Å². The largest absolute Gasteiger partial charge is 0.504 e. The van der Waals surface area contributed by atoms with Gasteiger partial charge in [0.25, 0.3) is 5.91 Å². The third-order valence-corrected chi connectivity index (χ3v) is 2.94. The predicted molar refractivity (Wildman–Crippen MR) is 85.1 cm³/mol. The fourth-order valence-corrected chi connectivity index (χ4v) is 1.95. The third kappa shape index (κ3) is 4.24. The van der Waals surface area contributed by atoms with Crippen molar-refractivity contribution in [3.63, 3.8) is 0 Å². The molecule has 0 radical (unpaired) electrons. The Bertz CT molecular complexity index is 801. The summed E-state index contributed by atoms with van der Waals surface area (Å²) in [6, 6.07) is 8.35. The van der Waals surface area contributed by atoms with Crippen molar-refractivity contribution in [3.05, 3.63) is 53.1 Å². The molecule has 2 aromatic rings. The van der Waals surface area contributed by atoms with Crippen molar-refractivity contribution in [3.8, 4) is 11.6 Å². The van der Waals surface area contributed by atoms with Gasteiger partial charge in [0.15, 0.2) is 0 Å². The molecular weight excluding hydrogens is 318 g/mol. The summed E-state index contributed by atoms with van der Waals surface area (Å²) in [6.07, 6.45) is 2.94. The highest BCUT2D eigenvalue weighted by atomic mass is 32.1. The van der Waals surface area contributed by atoms with E-state index in [-0.39, 0.29) is 5.57 Å². The standard InChI is InChI=1S/C15H13N3O4S/c1-21-7-11(15(20)18-9-19)10-4-2-3-5-12(10)22-13-6-14(23)17-8-16-13/h2-9H,1H3,(H,16,17,23)(H,18,19,20)/b11-7+. The lowest BCUT2D eigenvalue weighted by Gasteiger charge is -2.12. The van der Waals surface area contributed by atoms with E-state index in [2.05, 4.69) is 15.3 Å². The molecular formula is C15H13N3O4S. The van der Waals surface area contributed by atoms with Crippen molar-refractivity contribution in [2.24, 2.45) is 0 Å². The zero-order chi connectivity index (χ0) is 16.7. The minimum Gasteiger partial charge on any atom is -0.504 e. The van der Waals surface area contributed by atoms with Crippen molar-refractivity contribution in [2.75, 3.05) is 7.11 Å². The molecule has 0 unspecified atom stereocenters. The molecule has 8 heteroatoms. The molecule has 2 rings (SSSR count). The molecule has 0 bridgehead atoms. The van der Waals surface area contributed by atoms with Gasteiger partial charge in [0, 0.05) is 11.6 Å². The van der Waals surface area contributed by atoms with Gasteiger partial charge in [-0.25, -0.2) is 4.98 Å². The van der Waals surface area contributed by atoms with Crippen molar-refractivity contribution in [1.82, 2.24) is 15.3 Å². The fourth-order valence-electron chi connectivity index (χ4n) is 1.79. The number of imide groups is 1. The van der Waals surface area contributed by atoms with E-state index in [0.29, 0.717) is 28.2 Å². The van der Waals surface area contributed by atoms with Crippen LogP contribution in [-0.2, 0) is 14.3 Å². The first kappa shape index (κ1) is 16.4. The van der Waals surface area contributed by atoms with E-state index in [9.17, 15) is 9.59 Å². The predicted octanol–water partition coefficient (Wildman–Crippen LogP) is 2.19. The SMILES string of the molecule is CO/C=C(/C(=O)NC=O)c1ccccc1Oc1cc(=S)nc[nH]1. The minimum atomic E-state index is -0.611. The zero-order valence-electron chi connectivity index (χ0n) is 12.1. The van der Waals surface area contributed by atoms with Crippen LogP contribution in [0.15, 0.2) is 42.9 Å². The van der Waals surface area contributed by atoms with E-state index in [1.807, 2.05) is 0 Å². The fraction of sp³-hybridized carbons (Fsp3) is 0.0667. The zero-order valence-corrected chi connectivity index (χ0v) is 12.9. The first-order chi connectivity index (χ1) is 11.2. The van der Waals surface area contributed by atoms with Crippen molar-refractivity contribution in [1.29, 1.82) is 0 Å². The summed E-state index contributed by atoms with van der Waals surface area (Å²) >= 11 is 4.97. The van der Waals surface area contributed by atoms with E-state index in [4.69, 9.17) is 21.7 Å². The van der Waals surface area contributed by atoms with E-state index >= 15 is 0 Å². The van der Waals surface area contributed by atoms with Gasteiger partial charge in [-0.15, -0.1) is 0 Å². The number of aromatic nitrogens is 2. The van der Waals surface area contributed by atoms with Gasteiger partial charge in [0.05, 0.1) is 25.3 Å². The Labute approximate surface area is 137 Å². The van der Waals surface area contributed by atoms with Crippen LogP contribution in [-0.4, -0.2) is 29.4 Å². The lowest BCUT2D eigenvalue weighted by atomic mass is 10.1. The Morgan fingerprint density at radius 3 is 2.87 bits per heavy atom. The molecule has 7 nitrogen and oxygen atoms in total. The number of rotatable bonds is 6. The number of benzene rings is 1. The summed E-state index contributed by atoms with van der Waals surface area (Å²) in [6.45, 7) is 0. The van der Waals surface area contributed by atoms with Gasteiger partial charge in [0.1, 0.15) is 10.4 Å². The quantitative estimate of drug-likeness (QED) is 0.365. The van der Waals surface area contributed by atoms with Gasteiger partial charge in [0.2, 0.25) is 12.3 Å². The topological polar surface area (TPSA) is 93.3 Å². The summed E-state index contributed by atoms with van der Waals surface area (Å²) < 4.78 is 11.0. The summed E-state index contributed by atoms with van der Waals surface area (Å²) in [7, 11) is 1.40. The Morgan fingerprint density at radius 1 is 1.39 bits per heavy atom. The number of aromatic amines is 1. The lowest BCUT2D eigenvalue weighted by Crippen LogP contribution is -2.22. The average Bonchev–Trinajstić information content (AvgIpc) is 2.54. The Hall–Kier alpha value is -3.00. The highest BCUT2D eigenvalue weighted by Crippen LogP contribution is 2.29. The Balaban J connectivity index is 2.43. The van der Waals surface area contributed by atoms with E-state index in [0.717, 1.165) is 0 Å². The molecule has 0 spiro atoms. The monoisotopic (exact) mass is 331 g/mol. The normalized spacial score (nSPS) is 10.7. The van der Waals surface area contributed by atoms with Crippen LogP contribution in [0.2, 0.25) is 0 Å².